The average molecular weight is 358 g/mol. The van der Waals surface area contributed by atoms with Crippen LogP contribution in [0.4, 0.5) is 0 Å². The Labute approximate surface area is 117 Å². The molecule has 0 atom stereocenters. The van der Waals surface area contributed by atoms with E-state index >= 15 is 0 Å². The summed E-state index contributed by atoms with van der Waals surface area (Å²) in [5, 5.41) is 19.8. The van der Waals surface area contributed by atoms with E-state index in [9.17, 15) is 9.90 Å². The minimum Gasteiger partial charge on any atom is -0.507 e. The molecule has 0 aliphatic heterocycles. The third-order valence-electron chi connectivity index (χ3n) is 2.30. The van der Waals surface area contributed by atoms with Crippen molar-refractivity contribution in [2.45, 2.75) is 6.54 Å². The van der Waals surface area contributed by atoms with Crippen LogP contribution in [0.3, 0.4) is 0 Å². The zero-order chi connectivity index (χ0) is 13.0. The van der Waals surface area contributed by atoms with E-state index in [1.54, 1.807) is 29.2 Å². The smallest absolute Gasteiger partial charge is 0.255 e. The highest BCUT2D eigenvalue weighted by atomic mass is 127. The molecule has 18 heavy (non-hydrogen) atoms. The second kappa shape index (κ2) is 5.80. The maximum atomic E-state index is 11.8. The Morgan fingerprint density at radius 1 is 1.50 bits per heavy atom. The molecule has 1 heterocycles. The van der Waals surface area contributed by atoms with Crippen LogP contribution in [0.1, 0.15) is 10.4 Å². The van der Waals surface area contributed by atoms with Gasteiger partial charge >= 0.3 is 0 Å². The van der Waals surface area contributed by atoms with Crippen LogP contribution in [0.25, 0.3) is 0 Å². The van der Waals surface area contributed by atoms with Crippen molar-refractivity contribution in [3.63, 3.8) is 0 Å². The second-order valence-electron chi connectivity index (χ2n) is 3.58. The van der Waals surface area contributed by atoms with Crippen LogP contribution in [0, 0.1) is 3.57 Å². The Bertz CT molecular complexity index is 542. The molecule has 0 unspecified atom stereocenters. The van der Waals surface area contributed by atoms with Gasteiger partial charge in [-0.2, -0.15) is 0 Å². The van der Waals surface area contributed by atoms with E-state index in [0.29, 0.717) is 13.1 Å². The SMILES string of the molecule is O=C(NCCn1ccnn1)c1cc(I)ccc1O. The van der Waals surface area contributed by atoms with E-state index in [0.717, 1.165) is 3.57 Å². The predicted octanol–water partition coefficient (Wildman–Crippen LogP) is 1.02. The van der Waals surface area contributed by atoms with Gasteiger partial charge in [-0.3, -0.25) is 9.48 Å². The zero-order valence-corrected chi connectivity index (χ0v) is 11.5. The molecule has 0 aliphatic carbocycles. The van der Waals surface area contributed by atoms with Gasteiger partial charge in [0.05, 0.1) is 18.3 Å². The molecule has 0 saturated heterocycles. The predicted molar refractivity (Wildman–Crippen MR) is 73.2 cm³/mol. The lowest BCUT2D eigenvalue weighted by molar-refractivity contribution is 0.0949. The van der Waals surface area contributed by atoms with Crippen molar-refractivity contribution in [2.75, 3.05) is 6.54 Å². The topological polar surface area (TPSA) is 80.0 Å². The van der Waals surface area contributed by atoms with E-state index in [-0.39, 0.29) is 17.2 Å². The number of amides is 1. The minimum absolute atomic E-state index is 0.0197. The van der Waals surface area contributed by atoms with Gasteiger partial charge in [-0.05, 0) is 40.8 Å². The number of benzene rings is 1. The van der Waals surface area contributed by atoms with Crippen LogP contribution in [0.15, 0.2) is 30.6 Å². The van der Waals surface area contributed by atoms with Crippen molar-refractivity contribution < 1.29 is 9.90 Å². The van der Waals surface area contributed by atoms with Gasteiger partial charge < -0.3 is 10.4 Å². The molecule has 7 heteroatoms. The van der Waals surface area contributed by atoms with Crippen molar-refractivity contribution in [3.8, 4) is 5.75 Å². The normalized spacial score (nSPS) is 10.3. The molecule has 0 radical (unpaired) electrons. The molecule has 1 aromatic carbocycles. The minimum atomic E-state index is -0.300. The molecule has 2 N–H and O–H groups in total. The van der Waals surface area contributed by atoms with Crippen molar-refractivity contribution in [2.24, 2.45) is 0 Å². The van der Waals surface area contributed by atoms with Gasteiger partial charge in [0, 0.05) is 16.3 Å². The summed E-state index contributed by atoms with van der Waals surface area (Å²) in [5.74, 6) is -0.320. The van der Waals surface area contributed by atoms with E-state index < -0.39 is 0 Å². The van der Waals surface area contributed by atoms with E-state index in [4.69, 9.17) is 0 Å². The lowest BCUT2D eigenvalue weighted by Crippen LogP contribution is -2.27. The molecular weight excluding hydrogens is 347 g/mol. The quantitative estimate of drug-likeness (QED) is 0.800. The van der Waals surface area contributed by atoms with Crippen LogP contribution >= 0.6 is 22.6 Å². The number of aromatic nitrogens is 3. The Morgan fingerprint density at radius 2 is 2.33 bits per heavy atom. The first-order chi connectivity index (χ1) is 8.66. The lowest BCUT2D eigenvalue weighted by atomic mass is 10.2. The maximum absolute atomic E-state index is 11.8. The largest absolute Gasteiger partial charge is 0.507 e. The van der Waals surface area contributed by atoms with E-state index in [1.165, 1.54) is 6.07 Å². The molecule has 1 amide bonds. The van der Waals surface area contributed by atoms with Crippen LogP contribution in [-0.2, 0) is 6.54 Å². The summed E-state index contributed by atoms with van der Waals surface area (Å²) in [7, 11) is 0. The van der Waals surface area contributed by atoms with Gasteiger partial charge in [-0.25, -0.2) is 0 Å². The molecule has 2 aromatic rings. The standard InChI is InChI=1S/C11H11IN4O2/c12-8-1-2-10(17)9(7-8)11(18)13-3-5-16-6-4-14-15-16/h1-2,4,6-7,17H,3,5H2,(H,13,18). The summed E-state index contributed by atoms with van der Waals surface area (Å²) >= 11 is 2.09. The summed E-state index contributed by atoms with van der Waals surface area (Å²) in [6.45, 7) is 0.962. The van der Waals surface area contributed by atoms with Gasteiger partial charge in [0.15, 0.2) is 0 Å². The van der Waals surface area contributed by atoms with Crippen LogP contribution in [-0.4, -0.2) is 32.6 Å². The number of carbonyl (C=O) groups excluding carboxylic acids is 1. The summed E-state index contributed by atoms with van der Waals surface area (Å²) in [6, 6.07) is 4.89. The molecule has 1 aromatic heterocycles. The van der Waals surface area contributed by atoms with Crippen LogP contribution in [0.2, 0.25) is 0 Å². The number of hydrogen-bond acceptors (Lipinski definition) is 4. The molecule has 0 bridgehead atoms. The number of nitrogens with one attached hydrogen (secondary N) is 1. The van der Waals surface area contributed by atoms with Gasteiger partial charge in [-0.1, -0.05) is 5.21 Å². The van der Waals surface area contributed by atoms with Crippen LogP contribution < -0.4 is 5.32 Å². The lowest BCUT2D eigenvalue weighted by Gasteiger charge is -2.07. The van der Waals surface area contributed by atoms with E-state index in [2.05, 4.69) is 38.2 Å². The van der Waals surface area contributed by atoms with Gasteiger partial charge in [0.1, 0.15) is 5.75 Å². The monoisotopic (exact) mass is 358 g/mol. The number of hydrogen-bond donors (Lipinski definition) is 2. The first-order valence-electron chi connectivity index (χ1n) is 5.27. The molecular formula is C11H11IN4O2. The Kier molecular flexibility index (Phi) is 4.13. The first-order valence-corrected chi connectivity index (χ1v) is 6.35. The molecule has 0 aliphatic rings. The Balaban J connectivity index is 1.93. The fraction of sp³-hybridized carbons (Fsp3) is 0.182. The van der Waals surface area contributed by atoms with Crippen molar-refractivity contribution in [3.05, 3.63) is 39.7 Å². The number of carbonyl (C=O) groups is 1. The number of nitrogens with zero attached hydrogens (tertiary/aromatic N) is 3. The summed E-state index contributed by atoms with van der Waals surface area (Å²) < 4.78 is 2.52. The summed E-state index contributed by atoms with van der Waals surface area (Å²) in [6.07, 6.45) is 3.29. The number of aromatic hydroxyl groups is 1. The summed E-state index contributed by atoms with van der Waals surface area (Å²) in [4.78, 5) is 11.8. The fourth-order valence-electron chi connectivity index (χ4n) is 1.42. The maximum Gasteiger partial charge on any atom is 0.255 e. The first kappa shape index (κ1) is 12.8. The number of rotatable bonds is 4. The van der Waals surface area contributed by atoms with Crippen molar-refractivity contribution in [1.29, 1.82) is 0 Å². The number of phenolic OH excluding ortho intramolecular Hbond substituents is 1. The van der Waals surface area contributed by atoms with E-state index in [1.807, 2.05) is 0 Å². The highest BCUT2D eigenvalue weighted by Gasteiger charge is 2.10. The fourth-order valence-corrected chi connectivity index (χ4v) is 1.91. The molecule has 2 rings (SSSR count). The third-order valence-corrected chi connectivity index (χ3v) is 2.97. The van der Waals surface area contributed by atoms with Gasteiger partial charge in [-0.15, -0.1) is 5.10 Å². The summed E-state index contributed by atoms with van der Waals surface area (Å²) in [5.41, 5.74) is 0.278. The molecule has 0 saturated carbocycles. The van der Waals surface area contributed by atoms with Gasteiger partial charge in [0.2, 0.25) is 0 Å². The Hall–Kier alpha value is -1.64. The second-order valence-corrected chi connectivity index (χ2v) is 4.83. The number of phenols is 1. The van der Waals surface area contributed by atoms with Crippen molar-refractivity contribution >= 4 is 28.5 Å². The Morgan fingerprint density at radius 3 is 3.06 bits per heavy atom. The van der Waals surface area contributed by atoms with Gasteiger partial charge in [0.25, 0.3) is 5.91 Å². The molecule has 6 nitrogen and oxygen atoms in total. The van der Waals surface area contributed by atoms with Crippen molar-refractivity contribution in [1.82, 2.24) is 20.3 Å². The zero-order valence-electron chi connectivity index (χ0n) is 9.38. The number of halogens is 1. The average Bonchev–Trinajstić information content (AvgIpc) is 2.85. The molecule has 0 spiro atoms. The highest BCUT2D eigenvalue weighted by Crippen LogP contribution is 2.19. The molecule has 0 fully saturated rings. The highest BCUT2D eigenvalue weighted by molar-refractivity contribution is 14.1. The third kappa shape index (κ3) is 3.19. The van der Waals surface area contributed by atoms with Crippen LogP contribution in [0.5, 0.6) is 5.75 Å². The molecule has 94 valence electrons.